The molecule has 0 fully saturated rings. The normalized spacial score (nSPS) is 16.6. The van der Waals surface area contributed by atoms with Crippen molar-refractivity contribution in [3.05, 3.63) is 0 Å². The zero-order valence-electron chi connectivity index (χ0n) is 9.37. The van der Waals surface area contributed by atoms with E-state index >= 15 is 0 Å². The molecular weight excluding hydrogens is 270 g/mol. The van der Waals surface area contributed by atoms with Gasteiger partial charge in [-0.1, -0.05) is 33.0 Å². The van der Waals surface area contributed by atoms with E-state index in [9.17, 15) is 0 Å². The van der Waals surface area contributed by atoms with Crippen LogP contribution >= 0.6 is 34.7 Å². The van der Waals surface area contributed by atoms with Crippen molar-refractivity contribution in [2.45, 2.75) is 40.0 Å². The van der Waals surface area contributed by atoms with Crippen molar-refractivity contribution in [2.75, 3.05) is 18.5 Å². The second-order valence-corrected chi connectivity index (χ2v) is 22.1. The van der Waals surface area contributed by atoms with Gasteiger partial charge in [0.05, 0.1) is 25.4 Å². The van der Waals surface area contributed by atoms with Crippen LogP contribution in [0, 0.1) is 0 Å². The molecule has 14 heavy (non-hydrogen) atoms. The Balaban J connectivity index is 4.83. The molecule has 1 atom stereocenters. The second-order valence-electron chi connectivity index (χ2n) is 3.74. The largest absolute Gasteiger partial charge is 0.215 e. The monoisotopic (exact) mass is 291 g/mol. The number of hydrogen-bond donors (Lipinski definition) is 1. The van der Waals surface area contributed by atoms with E-state index in [1.54, 1.807) is 0 Å². The molecule has 0 radical (unpaired) electrons. The van der Waals surface area contributed by atoms with Gasteiger partial charge in [0.15, 0.2) is 0 Å². The summed E-state index contributed by atoms with van der Waals surface area (Å²) in [7, 11) is 0. The minimum atomic E-state index is -1.85. The molecule has 0 saturated heterocycles. The summed E-state index contributed by atoms with van der Waals surface area (Å²) in [6.07, 6.45) is 7.37. The second kappa shape index (κ2) is 7.13. The number of thiol groups is 1. The first-order valence-electron chi connectivity index (χ1n) is 5.32. The molecule has 0 N–H and O–H groups in total. The van der Waals surface area contributed by atoms with Gasteiger partial charge in [0.1, 0.15) is 0 Å². The summed E-state index contributed by atoms with van der Waals surface area (Å²) < 4.78 is -1.85. The minimum absolute atomic E-state index is 1.12. The number of hydrogen-bond acceptors (Lipinski definition) is 1. The predicted octanol–water partition coefficient (Wildman–Crippen LogP) is 5.63. The molecule has 0 aliphatic heterocycles. The van der Waals surface area contributed by atoms with Gasteiger partial charge in [-0.25, -0.2) is 0 Å². The van der Waals surface area contributed by atoms with Crippen LogP contribution in [0.2, 0.25) is 0 Å². The first kappa shape index (κ1) is 15.7. The highest BCUT2D eigenvalue weighted by atomic mass is 35.7. The molecule has 1 unspecified atom stereocenters. The zero-order chi connectivity index (χ0) is 11.2. The van der Waals surface area contributed by atoms with Gasteiger partial charge in [-0.3, -0.25) is 0 Å². The fourth-order valence-corrected chi connectivity index (χ4v) is 16.5. The van der Waals surface area contributed by atoms with Crippen LogP contribution in [0.25, 0.3) is 0 Å². The van der Waals surface area contributed by atoms with Crippen LogP contribution in [0.5, 0.6) is 0 Å². The van der Waals surface area contributed by atoms with Gasteiger partial charge in [-0.2, -0.15) is 0 Å². The molecule has 0 saturated carbocycles. The molecule has 86 valence electrons. The van der Waals surface area contributed by atoms with Crippen molar-refractivity contribution in [3.8, 4) is 0 Å². The topological polar surface area (TPSA) is 0 Å². The molecule has 0 amide bonds. The highest BCUT2D eigenvalue weighted by Gasteiger charge is 2.46. The Kier molecular flexibility index (Phi) is 8.00. The molecule has 0 bridgehead atoms. The van der Waals surface area contributed by atoms with Crippen molar-refractivity contribution >= 4 is 46.5 Å². The fraction of sp³-hybridized carbons (Fsp3) is 1.00. The van der Waals surface area contributed by atoms with E-state index in [2.05, 4.69) is 33.0 Å². The van der Waals surface area contributed by atoms with Gasteiger partial charge in [-0.05, 0) is 42.3 Å². The van der Waals surface area contributed by atoms with Crippen molar-refractivity contribution in [1.29, 1.82) is 0 Å². The standard InChI is InChI=1S/C9H21ClP2S2/c1-4-7-11(8-5-2,9-6-3)12(10,13)14/h4-9H2,1-3H3/p+1. The Labute approximate surface area is 105 Å². The van der Waals surface area contributed by atoms with Gasteiger partial charge >= 0.3 is 0 Å². The molecule has 0 aromatic carbocycles. The summed E-state index contributed by atoms with van der Waals surface area (Å²) in [5.41, 5.74) is 0. The average Bonchev–Trinajstić information content (AvgIpc) is 2.03. The third-order valence-corrected chi connectivity index (χ3v) is 21.7. The lowest BCUT2D eigenvalue weighted by Crippen LogP contribution is -2.04. The van der Waals surface area contributed by atoms with Crippen molar-refractivity contribution < 1.29 is 0 Å². The van der Waals surface area contributed by atoms with Crippen molar-refractivity contribution in [1.82, 2.24) is 0 Å². The lowest BCUT2D eigenvalue weighted by molar-refractivity contribution is 1.01. The zero-order valence-corrected chi connectivity index (χ0v) is 13.6. The molecule has 0 aromatic rings. The van der Waals surface area contributed by atoms with E-state index in [0.717, 1.165) is 0 Å². The lowest BCUT2D eigenvalue weighted by Gasteiger charge is -2.30. The van der Waals surface area contributed by atoms with Crippen LogP contribution in [0.1, 0.15) is 40.0 Å². The smallest absolute Gasteiger partial charge is 0.0884 e. The maximum atomic E-state index is 6.43. The number of halogens is 1. The Hall–Kier alpha value is 1.72. The maximum absolute atomic E-state index is 6.43. The molecule has 0 aromatic heterocycles. The van der Waals surface area contributed by atoms with Crippen molar-refractivity contribution in [2.24, 2.45) is 0 Å². The SMILES string of the molecule is CCC[P+](CCC)(CCC)P(=S)(S)Cl. The Morgan fingerprint density at radius 1 is 1.07 bits per heavy atom. The maximum Gasteiger partial charge on any atom is 0.215 e. The van der Waals surface area contributed by atoms with E-state index < -0.39 is 11.2 Å². The summed E-state index contributed by atoms with van der Waals surface area (Å²) in [6.45, 7) is 5.57. The lowest BCUT2D eigenvalue weighted by atomic mass is 10.6. The molecule has 0 aliphatic rings. The van der Waals surface area contributed by atoms with Crippen LogP contribution < -0.4 is 0 Å². The molecule has 0 aliphatic carbocycles. The van der Waals surface area contributed by atoms with E-state index in [-0.39, 0.29) is 0 Å². The van der Waals surface area contributed by atoms with Crippen LogP contribution in [0.3, 0.4) is 0 Å². The molecule has 0 spiro atoms. The summed E-state index contributed by atoms with van der Waals surface area (Å²) >= 11 is 16.5. The molecule has 5 heteroatoms. The summed E-state index contributed by atoms with van der Waals surface area (Å²) in [6, 6.07) is 0. The van der Waals surface area contributed by atoms with E-state index in [0.29, 0.717) is 0 Å². The van der Waals surface area contributed by atoms with E-state index in [4.69, 9.17) is 23.0 Å². The van der Waals surface area contributed by atoms with Gasteiger partial charge in [0.25, 0.3) is 0 Å². The van der Waals surface area contributed by atoms with Gasteiger partial charge < -0.3 is 0 Å². The Morgan fingerprint density at radius 3 is 1.50 bits per heavy atom. The Bertz CT molecular complexity index is 186. The molecule has 0 nitrogen and oxygen atoms in total. The van der Waals surface area contributed by atoms with Crippen LogP contribution in [-0.4, -0.2) is 18.5 Å². The summed E-state index contributed by atoms with van der Waals surface area (Å²) in [5, 5.41) is 0. The number of rotatable bonds is 7. The highest BCUT2D eigenvalue weighted by molar-refractivity contribution is 8.95. The third-order valence-electron chi connectivity index (χ3n) is 2.44. The summed E-state index contributed by atoms with van der Waals surface area (Å²) in [4.78, 5) is 0. The molecule has 0 rings (SSSR count). The molecule has 0 heterocycles. The van der Waals surface area contributed by atoms with Gasteiger partial charge in [0, 0.05) is 0 Å². The fourth-order valence-electron chi connectivity index (χ4n) is 1.95. The minimum Gasteiger partial charge on any atom is -0.0884 e. The average molecular weight is 292 g/mol. The van der Waals surface area contributed by atoms with Crippen LogP contribution in [0.4, 0.5) is 0 Å². The highest BCUT2D eigenvalue weighted by Crippen LogP contribution is 2.94. The van der Waals surface area contributed by atoms with Gasteiger partial charge in [-0.15, -0.1) is 0 Å². The molecular formula is C9H22ClP2S2+. The van der Waals surface area contributed by atoms with E-state index in [1.807, 2.05) is 0 Å². The third kappa shape index (κ3) is 4.30. The first-order valence-corrected chi connectivity index (χ1v) is 13.2. The van der Waals surface area contributed by atoms with Crippen LogP contribution in [0.15, 0.2) is 0 Å². The van der Waals surface area contributed by atoms with Gasteiger partial charge in [0.2, 0.25) is 4.28 Å². The predicted molar refractivity (Wildman–Crippen MR) is 81.5 cm³/mol. The van der Waals surface area contributed by atoms with Crippen molar-refractivity contribution in [3.63, 3.8) is 0 Å². The quantitative estimate of drug-likeness (QED) is 0.469. The summed E-state index contributed by atoms with van der Waals surface area (Å²) in [5.74, 6) is 0. The van der Waals surface area contributed by atoms with E-state index in [1.165, 1.54) is 37.7 Å². The van der Waals surface area contributed by atoms with Crippen LogP contribution in [-0.2, 0) is 11.8 Å². The first-order chi connectivity index (χ1) is 6.43. The Morgan fingerprint density at radius 2 is 1.36 bits per heavy atom.